The zero-order valence-corrected chi connectivity index (χ0v) is 11.2. The SMILES string of the molecule is C=PC(=N)CSC(=C)N(C)CCCOC. The molecule has 0 aliphatic heterocycles. The molecule has 0 aromatic heterocycles. The maximum Gasteiger partial charge on any atom is 0.0678 e. The van der Waals surface area contributed by atoms with Gasteiger partial charge >= 0.3 is 0 Å². The van der Waals surface area contributed by atoms with E-state index in [0.717, 1.165) is 32.8 Å². The van der Waals surface area contributed by atoms with Gasteiger partial charge in [-0.05, 0) is 6.42 Å². The Hall–Kier alpha value is -0.310. The number of nitrogens with zero attached hydrogens (tertiary/aromatic N) is 1. The van der Waals surface area contributed by atoms with Gasteiger partial charge in [-0.1, -0.05) is 21.1 Å². The van der Waals surface area contributed by atoms with Crippen LogP contribution in [0.3, 0.4) is 0 Å². The van der Waals surface area contributed by atoms with Crippen LogP contribution in [0.2, 0.25) is 0 Å². The maximum atomic E-state index is 7.46. The Labute approximate surface area is 98.2 Å². The molecular weight excluding hydrogens is 227 g/mol. The smallest absolute Gasteiger partial charge is 0.0678 e. The molecule has 1 N–H and O–H groups in total. The number of rotatable bonds is 9. The minimum Gasteiger partial charge on any atom is -0.385 e. The first-order valence-electron chi connectivity index (χ1n) is 4.67. The highest BCUT2D eigenvalue weighted by Gasteiger charge is 2.03. The lowest BCUT2D eigenvalue weighted by atomic mass is 10.4. The fourth-order valence-corrected chi connectivity index (χ4v) is 2.05. The van der Waals surface area contributed by atoms with Crippen LogP contribution in [0.1, 0.15) is 6.42 Å². The minimum absolute atomic E-state index is 0.631. The quantitative estimate of drug-likeness (QED) is 0.386. The highest BCUT2D eigenvalue weighted by atomic mass is 32.2. The van der Waals surface area contributed by atoms with Crippen molar-refractivity contribution in [2.24, 2.45) is 0 Å². The van der Waals surface area contributed by atoms with Gasteiger partial charge in [0.15, 0.2) is 0 Å². The number of ether oxygens (including phenoxy) is 1. The topological polar surface area (TPSA) is 36.3 Å². The molecular formula is C10H19N2OPS. The van der Waals surface area contributed by atoms with E-state index in [1.807, 2.05) is 7.05 Å². The summed E-state index contributed by atoms with van der Waals surface area (Å²) in [6.07, 6.45) is 4.64. The molecule has 0 radical (unpaired) electrons. The van der Waals surface area contributed by atoms with E-state index in [0.29, 0.717) is 11.2 Å². The molecule has 0 aliphatic rings. The molecule has 0 saturated carbocycles. The van der Waals surface area contributed by atoms with Crippen molar-refractivity contribution in [2.45, 2.75) is 6.42 Å². The summed E-state index contributed by atoms with van der Waals surface area (Å²) in [5, 5.41) is 8.46. The summed E-state index contributed by atoms with van der Waals surface area (Å²) in [7, 11) is 4.51. The zero-order chi connectivity index (χ0) is 11.7. The van der Waals surface area contributed by atoms with Crippen molar-refractivity contribution in [3.63, 3.8) is 0 Å². The molecule has 0 fully saturated rings. The first kappa shape index (κ1) is 14.7. The average Bonchev–Trinajstić information content (AvgIpc) is 2.25. The molecule has 0 spiro atoms. The molecule has 0 unspecified atom stereocenters. The normalized spacial score (nSPS) is 10.3. The lowest BCUT2D eigenvalue weighted by Gasteiger charge is -2.20. The lowest BCUT2D eigenvalue weighted by Crippen LogP contribution is -2.18. The Kier molecular flexibility index (Phi) is 8.77. The van der Waals surface area contributed by atoms with Gasteiger partial charge in [0.2, 0.25) is 0 Å². The molecule has 0 aliphatic carbocycles. The molecule has 15 heavy (non-hydrogen) atoms. The van der Waals surface area contributed by atoms with Crippen LogP contribution >= 0.6 is 20.0 Å². The number of nitrogens with one attached hydrogen (secondary N) is 1. The van der Waals surface area contributed by atoms with Gasteiger partial charge in [-0.25, -0.2) is 0 Å². The summed E-state index contributed by atoms with van der Waals surface area (Å²) in [5.74, 6) is 0.679. The number of methoxy groups -OCH3 is 1. The van der Waals surface area contributed by atoms with E-state index >= 15 is 0 Å². The zero-order valence-electron chi connectivity index (χ0n) is 9.45. The van der Waals surface area contributed by atoms with Gasteiger partial charge in [-0.15, -0.1) is 11.8 Å². The second-order valence-corrected chi connectivity index (χ2v) is 4.96. The van der Waals surface area contributed by atoms with Crippen molar-refractivity contribution in [1.29, 1.82) is 5.41 Å². The first-order valence-corrected chi connectivity index (χ1v) is 6.74. The molecule has 0 aromatic carbocycles. The first-order chi connectivity index (χ1) is 7.11. The van der Waals surface area contributed by atoms with Crippen LogP contribution in [-0.4, -0.2) is 49.7 Å². The van der Waals surface area contributed by atoms with Crippen LogP contribution in [0.15, 0.2) is 11.6 Å². The lowest BCUT2D eigenvalue weighted by molar-refractivity contribution is 0.186. The Morgan fingerprint density at radius 1 is 1.60 bits per heavy atom. The van der Waals surface area contributed by atoms with Crippen molar-refractivity contribution in [3.8, 4) is 0 Å². The molecule has 0 bridgehead atoms. The Morgan fingerprint density at radius 2 is 2.27 bits per heavy atom. The minimum atomic E-state index is 0.631. The highest BCUT2D eigenvalue weighted by molar-refractivity contribution is 8.04. The van der Waals surface area contributed by atoms with E-state index in [1.165, 1.54) is 0 Å². The number of hydrogen-bond acceptors (Lipinski definition) is 4. The molecule has 0 amide bonds. The van der Waals surface area contributed by atoms with Crippen LogP contribution in [0.25, 0.3) is 0 Å². The van der Waals surface area contributed by atoms with E-state index in [1.54, 1.807) is 18.9 Å². The third-order valence-corrected chi connectivity index (χ3v) is 3.67. The van der Waals surface area contributed by atoms with Gasteiger partial charge in [0.25, 0.3) is 0 Å². The molecule has 0 aromatic rings. The molecule has 0 atom stereocenters. The monoisotopic (exact) mass is 246 g/mol. The molecule has 86 valence electrons. The third-order valence-electron chi connectivity index (χ3n) is 1.83. The third kappa shape index (κ3) is 7.60. The Balaban J connectivity index is 3.69. The molecule has 0 heterocycles. The Morgan fingerprint density at radius 3 is 2.80 bits per heavy atom. The molecule has 5 heteroatoms. The van der Waals surface area contributed by atoms with Crippen LogP contribution in [0, 0.1) is 5.41 Å². The van der Waals surface area contributed by atoms with Crippen molar-refractivity contribution in [2.75, 3.05) is 33.1 Å². The second kappa shape index (κ2) is 8.96. The largest absolute Gasteiger partial charge is 0.385 e. The summed E-state index contributed by atoms with van der Waals surface area (Å²) < 4.78 is 4.98. The van der Waals surface area contributed by atoms with E-state index in [4.69, 9.17) is 10.1 Å². The molecule has 0 saturated heterocycles. The van der Waals surface area contributed by atoms with Gasteiger partial charge < -0.3 is 9.64 Å². The highest BCUT2D eigenvalue weighted by Crippen LogP contribution is 2.18. The summed E-state index contributed by atoms with van der Waals surface area (Å²) in [5.41, 5.74) is 0.631. The van der Waals surface area contributed by atoms with Gasteiger partial charge in [-0.3, -0.25) is 5.41 Å². The predicted octanol–water partition coefficient (Wildman–Crippen LogP) is 2.51. The summed E-state index contributed by atoms with van der Waals surface area (Å²) in [6, 6.07) is 0. The fourth-order valence-electron chi connectivity index (χ4n) is 0.878. The van der Waals surface area contributed by atoms with Crippen molar-refractivity contribution in [1.82, 2.24) is 4.90 Å². The Bertz CT molecular complexity index is 233. The number of thioether (sulfide) groups is 1. The standard InChI is InChI=1S/C10H19N2OPS/c1-9(15-8-10(11)14-4)12(2)6-5-7-13-3/h11H,1,4-8H2,2-3H3. The summed E-state index contributed by atoms with van der Waals surface area (Å²) in [4.78, 5) is 2.09. The van der Waals surface area contributed by atoms with Crippen molar-refractivity contribution < 1.29 is 4.74 Å². The predicted molar refractivity (Wildman–Crippen MR) is 72.5 cm³/mol. The average molecular weight is 246 g/mol. The molecule has 3 nitrogen and oxygen atoms in total. The summed E-state index contributed by atoms with van der Waals surface area (Å²) >= 11 is 1.59. The van der Waals surface area contributed by atoms with E-state index in [2.05, 4.69) is 17.8 Å². The fraction of sp³-hybridized carbons (Fsp3) is 0.600. The summed E-state index contributed by atoms with van der Waals surface area (Å²) in [6.45, 7) is 5.68. The maximum absolute atomic E-state index is 7.46. The van der Waals surface area contributed by atoms with Gasteiger partial charge in [0, 0.05) is 33.1 Å². The van der Waals surface area contributed by atoms with E-state index < -0.39 is 0 Å². The number of hydrogen-bond donors (Lipinski definition) is 1. The second-order valence-electron chi connectivity index (χ2n) is 3.06. The van der Waals surface area contributed by atoms with Crippen molar-refractivity contribution in [3.05, 3.63) is 11.6 Å². The van der Waals surface area contributed by atoms with E-state index in [-0.39, 0.29) is 0 Å². The van der Waals surface area contributed by atoms with Crippen molar-refractivity contribution >= 4 is 31.7 Å². The van der Waals surface area contributed by atoms with Gasteiger partial charge in [0.1, 0.15) is 0 Å². The van der Waals surface area contributed by atoms with Crippen LogP contribution < -0.4 is 0 Å². The van der Waals surface area contributed by atoms with Crippen LogP contribution in [-0.2, 0) is 4.74 Å². The molecule has 0 rings (SSSR count). The van der Waals surface area contributed by atoms with Gasteiger partial charge in [-0.2, -0.15) is 0 Å². The van der Waals surface area contributed by atoms with E-state index in [9.17, 15) is 0 Å². The van der Waals surface area contributed by atoms with Crippen LogP contribution in [0.4, 0.5) is 0 Å². The van der Waals surface area contributed by atoms with Gasteiger partial charge in [0.05, 0.1) is 10.5 Å². The van der Waals surface area contributed by atoms with Crippen LogP contribution in [0.5, 0.6) is 0 Å².